The topological polar surface area (TPSA) is 33.0 Å². The van der Waals surface area contributed by atoms with Crippen molar-refractivity contribution in [2.45, 2.75) is 26.7 Å². The fourth-order valence-corrected chi connectivity index (χ4v) is 2.17. The molecule has 2 aromatic rings. The molecule has 0 saturated heterocycles. The highest BCUT2D eigenvalue weighted by atomic mass is 19.1. The molecule has 0 aromatic heterocycles. The van der Waals surface area contributed by atoms with Crippen molar-refractivity contribution in [2.24, 2.45) is 0 Å². The predicted molar refractivity (Wildman–Crippen MR) is 76.5 cm³/mol. The molecule has 0 aliphatic carbocycles. The largest absolute Gasteiger partial charge is 0.456 e. The van der Waals surface area contributed by atoms with Crippen molar-refractivity contribution in [3.05, 3.63) is 58.9 Å². The Balaban J connectivity index is 2.32. The van der Waals surface area contributed by atoms with Crippen LogP contribution in [0.5, 0.6) is 11.5 Å². The minimum atomic E-state index is -0.444. The van der Waals surface area contributed by atoms with Gasteiger partial charge < -0.3 is 4.74 Å². The number of rotatable bonds is 3. The van der Waals surface area contributed by atoms with Gasteiger partial charge in [-0.25, -0.2) is 4.39 Å². The van der Waals surface area contributed by atoms with Crippen LogP contribution in [0.4, 0.5) is 4.39 Å². The van der Waals surface area contributed by atoms with E-state index in [-0.39, 0.29) is 5.56 Å². The molecular weight excluding hydrogens is 253 g/mol. The molecule has 20 heavy (non-hydrogen) atoms. The van der Waals surface area contributed by atoms with Gasteiger partial charge >= 0.3 is 0 Å². The fourth-order valence-electron chi connectivity index (χ4n) is 2.17. The van der Waals surface area contributed by atoms with E-state index in [2.05, 4.69) is 13.8 Å². The molecule has 2 nitrogen and oxygen atoms in total. The van der Waals surface area contributed by atoms with Gasteiger partial charge in [-0.2, -0.15) is 5.26 Å². The molecule has 0 unspecified atom stereocenters. The molecule has 3 heteroatoms. The van der Waals surface area contributed by atoms with E-state index >= 15 is 0 Å². The maximum absolute atomic E-state index is 13.1. The van der Waals surface area contributed by atoms with Crippen molar-refractivity contribution >= 4 is 0 Å². The SMILES string of the molecule is Cc1cc(Oc2ccc(F)cc2C#N)ccc1C(C)C. The summed E-state index contributed by atoms with van der Waals surface area (Å²) in [7, 11) is 0. The first kappa shape index (κ1) is 14.1. The van der Waals surface area contributed by atoms with Crippen LogP contribution in [0.2, 0.25) is 0 Å². The van der Waals surface area contributed by atoms with Crippen LogP contribution >= 0.6 is 0 Å². The van der Waals surface area contributed by atoms with Crippen molar-refractivity contribution in [2.75, 3.05) is 0 Å². The standard InChI is InChI=1S/C17H16FNO/c1-11(2)16-6-5-15(8-12(16)3)20-17-7-4-14(18)9-13(17)10-19/h4-9,11H,1-3H3. The molecule has 0 saturated carbocycles. The van der Waals surface area contributed by atoms with Crippen molar-refractivity contribution in [3.63, 3.8) is 0 Å². The number of halogens is 1. The van der Waals surface area contributed by atoms with Gasteiger partial charge in [0.15, 0.2) is 0 Å². The average molecular weight is 269 g/mol. The van der Waals surface area contributed by atoms with Crippen molar-refractivity contribution in [1.82, 2.24) is 0 Å². The summed E-state index contributed by atoms with van der Waals surface area (Å²) in [5.41, 5.74) is 2.59. The molecule has 0 fully saturated rings. The monoisotopic (exact) mass is 269 g/mol. The number of nitriles is 1. The van der Waals surface area contributed by atoms with Gasteiger partial charge in [-0.3, -0.25) is 0 Å². The van der Waals surface area contributed by atoms with E-state index in [0.29, 0.717) is 17.4 Å². The summed E-state index contributed by atoms with van der Waals surface area (Å²) in [6.45, 7) is 6.30. The lowest BCUT2D eigenvalue weighted by molar-refractivity contribution is 0.478. The third kappa shape index (κ3) is 2.97. The first-order valence-electron chi connectivity index (χ1n) is 6.49. The Morgan fingerprint density at radius 2 is 1.90 bits per heavy atom. The van der Waals surface area contributed by atoms with E-state index in [9.17, 15) is 4.39 Å². The summed E-state index contributed by atoms with van der Waals surface area (Å²) in [6, 6.07) is 11.7. The Labute approximate surface area is 118 Å². The van der Waals surface area contributed by atoms with E-state index in [1.807, 2.05) is 31.2 Å². The molecule has 0 radical (unpaired) electrons. The van der Waals surface area contributed by atoms with Crippen molar-refractivity contribution in [3.8, 4) is 17.6 Å². The minimum Gasteiger partial charge on any atom is -0.456 e. The van der Waals surface area contributed by atoms with Gasteiger partial charge in [-0.1, -0.05) is 19.9 Å². The molecule has 0 atom stereocenters. The maximum Gasteiger partial charge on any atom is 0.145 e. The summed E-state index contributed by atoms with van der Waals surface area (Å²) in [5.74, 6) is 1.02. The van der Waals surface area contributed by atoms with E-state index < -0.39 is 5.82 Å². The second-order valence-corrected chi connectivity index (χ2v) is 5.03. The molecule has 102 valence electrons. The lowest BCUT2D eigenvalue weighted by Gasteiger charge is -2.12. The van der Waals surface area contributed by atoms with Gasteiger partial charge in [-0.05, 0) is 54.3 Å². The zero-order valence-corrected chi connectivity index (χ0v) is 11.8. The Hall–Kier alpha value is -2.34. The van der Waals surface area contributed by atoms with Crippen LogP contribution < -0.4 is 4.74 Å². The third-order valence-electron chi connectivity index (χ3n) is 3.15. The minimum absolute atomic E-state index is 0.190. The Bertz CT molecular complexity index is 671. The van der Waals surface area contributed by atoms with Gasteiger partial charge in [0.2, 0.25) is 0 Å². The molecule has 0 N–H and O–H groups in total. The molecule has 0 bridgehead atoms. The van der Waals surface area contributed by atoms with Crippen LogP contribution in [0.15, 0.2) is 36.4 Å². The quantitative estimate of drug-likeness (QED) is 0.792. The summed E-state index contributed by atoms with van der Waals surface area (Å²) in [4.78, 5) is 0. The van der Waals surface area contributed by atoms with Crippen molar-refractivity contribution in [1.29, 1.82) is 5.26 Å². The van der Waals surface area contributed by atoms with Crippen LogP contribution in [0.1, 0.15) is 36.5 Å². The first-order chi connectivity index (χ1) is 9.51. The summed E-state index contributed by atoms with van der Waals surface area (Å²) in [5, 5.41) is 9.00. The summed E-state index contributed by atoms with van der Waals surface area (Å²) in [6.07, 6.45) is 0. The smallest absolute Gasteiger partial charge is 0.145 e. The number of aryl methyl sites for hydroxylation is 1. The van der Waals surface area contributed by atoms with Gasteiger partial charge in [0.25, 0.3) is 0 Å². The first-order valence-corrected chi connectivity index (χ1v) is 6.49. The second kappa shape index (κ2) is 5.75. The predicted octanol–water partition coefficient (Wildman–Crippen LogP) is 4.92. The summed E-state index contributed by atoms with van der Waals surface area (Å²) >= 11 is 0. The summed E-state index contributed by atoms with van der Waals surface area (Å²) < 4.78 is 18.8. The Morgan fingerprint density at radius 1 is 1.15 bits per heavy atom. The maximum atomic E-state index is 13.1. The highest BCUT2D eigenvalue weighted by molar-refractivity contribution is 5.46. The number of hydrogen-bond donors (Lipinski definition) is 0. The zero-order valence-electron chi connectivity index (χ0n) is 11.8. The molecule has 0 aliphatic heterocycles. The number of nitrogens with zero attached hydrogens (tertiary/aromatic N) is 1. The highest BCUT2D eigenvalue weighted by Gasteiger charge is 2.08. The third-order valence-corrected chi connectivity index (χ3v) is 3.15. The fraction of sp³-hybridized carbons (Fsp3) is 0.235. The highest BCUT2D eigenvalue weighted by Crippen LogP contribution is 2.29. The van der Waals surface area contributed by atoms with Crippen LogP contribution in [0, 0.1) is 24.1 Å². The van der Waals surface area contributed by atoms with Gasteiger partial charge in [-0.15, -0.1) is 0 Å². The molecule has 2 aromatic carbocycles. The van der Waals surface area contributed by atoms with E-state index in [1.54, 1.807) is 0 Å². The lowest BCUT2D eigenvalue weighted by atomic mass is 9.98. The van der Waals surface area contributed by atoms with E-state index in [1.165, 1.54) is 23.8 Å². The Morgan fingerprint density at radius 3 is 2.50 bits per heavy atom. The van der Waals surface area contributed by atoms with Gasteiger partial charge in [0.1, 0.15) is 23.4 Å². The molecular formula is C17H16FNO. The normalized spacial score (nSPS) is 10.4. The second-order valence-electron chi connectivity index (χ2n) is 5.03. The molecule has 0 amide bonds. The van der Waals surface area contributed by atoms with Gasteiger partial charge in [0.05, 0.1) is 5.56 Å². The van der Waals surface area contributed by atoms with Crippen LogP contribution in [-0.2, 0) is 0 Å². The van der Waals surface area contributed by atoms with Crippen LogP contribution in [0.3, 0.4) is 0 Å². The number of hydrogen-bond acceptors (Lipinski definition) is 2. The van der Waals surface area contributed by atoms with E-state index in [4.69, 9.17) is 10.00 Å². The molecule has 0 heterocycles. The van der Waals surface area contributed by atoms with Gasteiger partial charge in [0, 0.05) is 0 Å². The average Bonchev–Trinajstić information content (AvgIpc) is 2.40. The van der Waals surface area contributed by atoms with Crippen LogP contribution in [0.25, 0.3) is 0 Å². The number of ether oxygens (including phenoxy) is 1. The zero-order chi connectivity index (χ0) is 14.7. The Kier molecular flexibility index (Phi) is 4.05. The van der Waals surface area contributed by atoms with Crippen molar-refractivity contribution < 1.29 is 9.13 Å². The van der Waals surface area contributed by atoms with E-state index in [0.717, 1.165) is 5.56 Å². The molecule has 2 rings (SSSR count). The molecule has 0 aliphatic rings. The van der Waals surface area contributed by atoms with Crippen LogP contribution in [-0.4, -0.2) is 0 Å². The lowest BCUT2D eigenvalue weighted by Crippen LogP contribution is -1.94. The number of benzene rings is 2. The molecule has 0 spiro atoms.